The van der Waals surface area contributed by atoms with Gasteiger partial charge in [-0.2, -0.15) is 0 Å². The molecule has 0 aromatic heterocycles. The lowest BCUT2D eigenvalue weighted by Crippen LogP contribution is -2.54. The molecule has 0 radical (unpaired) electrons. The fraction of sp³-hybridized carbons (Fsp3) is 0.217. The quantitative estimate of drug-likeness (QED) is 0.306. The first-order valence-electron chi connectivity index (χ1n) is 10.6. The molecule has 5 amide bonds. The van der Waals surface area contributed by atoms with E-state index in [1.807, 2.05) is 10.2 Å². The third-order valence-corrected chi connectivity index (χ3v) is 5.78. The van der Waals surface area contributed by atoms with Crippen LogP contribution < -0.4 is 15.1 Å². The summed E-state index contributed by atoms with van der Waals surface area (Å²) in [5.74, 6) is -2.99. The molecule has 0 atom stereocenters. The summed E-state index contributed by atoms with van der Waals surface area (Å²) in [5, 5.41) is 13.4. The maximum atomic E-state index is 14.3. The average molecular weight is 481 g/mol. The number of rotatable bonds is 4. The molecule has 2 aliphatic rings. The topological polar surface area (TPSA) is 133 Å². The molecule has 2 fully saturated rings. The van der Waals surface area contributed by atoms with Gasteiger partial charge in [-0.3, -0.25) is 29.8 Å². The monoisotopic (exact) mass is 481 g/mol. The van der Waals surface area contributed by atoms with Gasteiger partial charge < -0.3 is 9.80 Å². The minimum atomic E-state index is -1.11. The minimum Gasteiger partial charge on any atom is -0.367 e. The molecule has 0 saturated carbocycles. The first-order chi connectivity index (χ1) is 16.7. The summed E-state index contributed by atoms with van der Waals surface area (Å²) in [7, 11) is 0. The van der Waals surface area contributed by atoms with Crippen LogP contribution in [0.5, 0.6) is 0 Å². The smallest absolute Gasteiger partial charge is 0.336 e. The van der Waals surface area contributed by atoms with Crippen LogP contribution in [0.3, 0.4) is 0 Å². The number of barbiturate groups is 1. The number of carbonyl (C=O) groups is 4. The number of imide groups is 2. The summed E-state index contributed by atoms with van der Waals surface area (Å²) in [4.78, 5) is 64.5. The number of nitrogens with zero attached hydrogens (tertiary/aromatic N) is 4. The van der Waals surface area contributed by atoms with Crippen molar-refractivity contribution in [1.82, 2.24) is 10.2 Å². The van der Waals surface area contributed by atoms with Crippen LogP contribution in [0, 0.1) is 15.9 Å². The summed E-state index contributed by atoms with van der Waals surface area (Å²) in [6.45, 7) is 3.17. The van der Waals surface area contributed by atoms with E-state index in [4.69, 9.17) is 0 Å². The highest BCUT2D eigenvalue weighted by atomic mass is 19.1. The molecule has 2 saturated heterocycles. The Morgan fingerprint density at radius 1 is 1.06 bits per heavy atom. The highest BCUT2D eigenvalue weighted by molar-refractivity contribution is 6.39. The molecule has 2 heterocycles. The zero-order valence-corrected chi connectivity index (χ0v) is 18.6. The number of urea groups is 1. The molecule has 0 spiro atoms. The fourth-order valence-electron chi connectivity index (χ4n) is 3.99. The molecule has 0 unspecified atom stereocenters. The molecule has 1 N–H and O–H groups in total. The number of para-hydroxylation sites is 1. The Bertz CT molecular complexity index is 1280. The Morgan fingerprint density at radius 3 is 2.37 bits per heavy atom. The average Bonchev–Trinajstić information content (AvgIpc) is 2.82. The standard InChI is InChI=1S/C23H20FN5O6/c1-14(30)26-8-10-27(11-9-26)19-7-6-16(29(34)35)12-15(19)13-17-21(31)25-23(33)28(22(17)32)20-5-3-2-4-18(20)24/h2-7,12-13H,8-11H2,1H3,(H,25,31,33)/b17-13-. The summed E-state index contributed by atoms with van der Waals surface area (Å²) in [5.41, 5.74) is -0.406. The second-order valence-corrected chi connectivity index (χ2v) is 7.90. The first-order valence-corrected chi connectivity index (χ1v) is 10.6. The molecule has 4 rings (SSSR count). The van der Waals surface area contributed by atoms with Crippen molar-refractivity contribution in [3.05, 3.63) is 69.5 Å². The van der Waals surface area contributed by atoms with E-state index in [9.17, 15) is 33.7 Å². The number of nitro groups is 1. The zero-order chi connectivity index (χ0) is 25.3. The minimum absolute atomic E-state index is 0.0712. The Labute approximate surface area is 198 Å². The second kappa shape index (κ2) is 9.33. The number of carbonyl (C=O) groups excluding carboxylic acids is 4. The number of hydrogen-bond donors (Lipinski definition) is 1. The van der Waals surface area contributed by atoms with Crippen LogP contribution in [0.2, 0.25) is 0 Å². The summed E-state index contributed by atoms with van der Waals surface area (Å²) < 4.78 is 14.3. The molecular formula is C23H20FN5O6. The van der Waals surface area contributed by atoms with E-state index >= 15 is 0 Å². The molecule has 0 bridgehead atoms. The number of anilines is 2. The van der Waals surface area contributed by atoms with Crippen LogP contribution in [0.4, 0.5) is 26.2 Å². The summed E-state index contributed by atoms with van der Waals surface area (Å²) in [6.07, 6.45) is 1.15. The number of halogens is 1. The van der Waals surface area contributed by atoms with Gasteiger partial charge in [0.1, 0.15) is 11.4 Å². The highest BCUT2D eigenvalue weighted by Gasteiger charge is 2.38. The number of nitro benzene ring substituents is 1. The van der Waals surface area contributed by atoms with Crippen LogP contribution in [-0.4, -0.2) is 59.8 Å². The Hall–Kier alpha value is -4.61. The van der Waals surface area contributed by atoms with Gasteiger partial charge in [0.25, 0.3) is 17.5 Å². The Morgan fingerprint density at radius 2 is 1.74 bits per heavy atom. The van der Waals surface area contributed by atoms with Gasteiger partial charge in [-0.05, 0) is 24.3 Å². The van der Waals surface area contributed by atoms with Gasteiger partial charge in [-0.15, -0.1) is 0 Å². The van der Waals surface area contributed by atoms with Gasteiger partial charge >= 0.3 is 6.03 Å². The maximum absolute atomic E-state index is 14.3. The Balaban J connectivity index is 1.76. The van der Waals surface area contributed by atoms with Crippen LogP contribution >= 0.6 is 0 Å². The number of benzene rings is 2. The SMILES string of the molecule is CC(=O)N1CCN(c2ccc([N+](=O)[O-])cc2/C=C2/C(=O)NC(=O)N(c3ccccc3F)C2=O)CC1. The van der Waals surface area contributed by atoms with Crippen LogP contribution in [-0.2, 0) is 14.4 Å². The van der Waals surface area contributed by atoms with E-state index in [2.05, 4.69) is 0 Å². The predicted molar refractivity (Wildman–Crippen MR) is 123 cm³/mol. The predicted octanol–water partition coefficient (Wildman–Crippen LogP) is 2.07. The van der Waals surface area contributed by atoms with Gasteiger partial charge in [-0.25, -0.2) is 14.1 Å². The number of piperazine rings is 1. The van der Waals surface area contributed by atoms with Crippen molar-refractivity contribution in [3.8, 4) is 0 Å². The van der Waals surface area contributed by atoms with Gasteiger partial charge in [0.15, 0.2) is 0 Å². The van der Waals surface area contributed by atoms with E-state index < -0.39 is 34.2 Å². The van der Waals surface area contributed by atoms with E-state index in [1.54, 1.807) is 4.90 Å². The molecular weight excluding hydrogens is 461 g/mol. The van der Waals surface area contributed by atoms with Crippen molar-refractivity contribution in [2.24, 2.45) is 0 Å². The lowest BCUT2D eigenvalue weighted by molar-refractivity contribution is -0.384. The van der Waals surface area contributed by atoms with Crippen molar-refractivity contribution in [1.29, 1.82) is 0 Å². The maximum Gasteiger partial charge on any atom is 0.336 e. The molecule has 2 aromatic rings. The van der Waals surface area contributed by atoms with Gasteiger partial charge in [0, 0.05) is 56.5 Å². The van der Waals surface area contributed by atoms with E-state index in [-0.39, 0.29) is 22.8 Å². The van der Waals surface area contributed by atoms with E-state index in [0.717, 1.165) is 12.1 Å². The molecule has 35 heavy (non-hydrogen) atoms. The number of amides is 5. The van der Waals surface area contributed by atoms with Crippen molar-refractivity contribution >= 4 is 46.9 Å². The third-order valence-electron chi connectivity index (χ3n) is 5.78. The molecule has 0 aliphatic carbocycles. The number of nitrogens with one attached hydrogen (secondary N) is 1. The van der Waals surface area contributed by atoms with Crippen molar-refractivity contribution < 1.29 is 28.5 Å². The molecule has 2 aromatic carbocycles. The summed E-state index contributed by atoms with van der Waals surface area (Å²) >= 11 is 0. The molecule has 2 aliphatic heterocycles. The number of non-ortho nitro benzene ring substituents is 1. The van der Waals surface area contributed by atoms with Gasteiger partial charge in [0.2, 0.25) is 5.91 Å². The second-order valence-electron chi connectivity index (χ2n) is 7.90. The van der Waals surface area contributed by atoms with Crippen molar-refractivity contribution in [2.75, 3.05) is 36.0 Å². The van der Waals surface area contributed by atoms with Crippen LogP contribution in [0.1, 0.15) is 12.5 Å². The van der Waals surface area contributed by atoms with Gasteiger partial charge in [0.05, 0.1) is 10.6 Å². The zero-order valence-electron chi connectivity index (χ0n) is 18.6. The normalized spacial score (nSPS) is 17.6. The van der Waals surface area contributed by atoms with Crippen molar-refractivity contribution in [3.63, 3.8) is 0 Å². The fourth-order valence-corrected chi connectivity index (χ4v) is 3.99. The summed E-state index contributed by atoms with van der Waals surface area (Å²) in [6, 6.07) is 7.99. The third kappa shape index (κ3) is 4.58. The first kappa shape index (κ1) is 23.5. The van der Waals surface area contributed by atoms with E-state index in [1.165, 1.54) is 43.3 Å². The molecule has 180 valence electrons. The van der Waals surface area contributed by atoms with Gasteiger partial charge in [-0.1, -0.05) is 12.1 Å². The highest BCUT2D eigenvalue weighted by Crippen LogP contribution is 2.30. The van der Waals surface area contributed by atoms with E-state index in [0.29, 0.717) is 36.8 Å². The largest absolute Gasteiger partial charge is 0.367 e. The molecule has 11 nitrogen and oxygen atoms in total. The lowest BCUT2D eigenvalue weighted by Gasteiger charge is -2.36. The van der Waals surface area contributed by atoms with Crippen LogP contribution in [0.25, 0.3) is 6.08 Å². The Kier molecular flexibility index (Phi) is 6.28. The lowest BCUT2D eigenvalue weighted by atomic mass is 10.0. The van der Waals surface area contributed by atoms with Crippen LogP contribution in [0.15, 0.2) is 48.0 Å². The number of hydrogen-bond acceptors (Lipinski definition) is 7. The van der Waals surface area contributed by atoms with Crippen molar-refractivity contribution in [2.45, 2.75) is 6.92 Å². The molecule has 12 heteroatoms.